The van der Waals surface area contributed by atoms with Gasteiger partial charge in [-0.25, -0.2) is 4.98 Å². The number of amides is 1. The van der Waals surface area contributed by atoms with Gasteiger partial charge >= 0.3 is 0 Å². The second-order valence-corrected chi connectivity index (χ2v) is 6.58. The number of anilines is 1. The zero-order valence-electron chi connectivity index (χ0n) is 14.9. The topological polar surface area (TPSA) is 84.6 Å². The van der Waals surface area contributed by atoms with E-state index in [0.29, 0.717) is 37.8 Å². The Kier molecular flexibility index (Phi) is 4.83. The van der Waals surface area contributed by atoms with E-state index in [4.69, 9.17) is 9.26 Å². The molecule has 26 heavy (non-hydrogen) atoms. The molecule has 2 fully saturated rings. The van der Waals surface area contributed by atoms with Crippen LogP contribution in [0.1, 0.15) is 25.7 Å². The molecule has 1 unspecified atom stereocenters. The van der Waals surface area contributed by atoms with Crippen molar-refractivity contribution in [3.63, 3.8) is 0 Å². The summed E-state index contributed by atoms with van der Waals surface area (Å²) in [6, 6.07) is 3.92. The maximum Gasteiger partial charge on any atom is 0.251 e. The Morgan fingerprint density at radius 1 is 1.27 bits per heavy atom. The molecule has 0 saturated carbocycles. The third kappa shape index (κ3) is 3.41. The van der Waals surface area contributed by atoms with Crippen LogP contribution in [0.15, 0.2) is 22.9 Å². The van der Waals surface area contributed by atoms with Gasteiger partial charge in [0.15, 0.2) is 0 Å². The van der Waals surface area contributed by atoms with Gasteiger partial charge in [-0.3, -0.25) is 4.79 Å². The summed E-state index contributed by atoms with van der Waals surface area (Å²) in [5, 5.41) is 3.97. The molecule has 0 radical (unpaired) electrons. The average Bonchev–Trinajstić information content (AvgIpc) is 3.40. The number of nitrogens with zero attached hydrogens (tertiary/aromatic N) is 5. The molecule has 1 atom stereocenters. The van der Waals surface area contributed by atoms with E-state index in [-0.39, 0.29) is 12.0 Å². The van der Waals surface area contributed by atoms with Crippen LogP contribution in [0.4, 0.5) is 5.82 Å². The quantitative estimate of drug-likeness (QED) is 0.820. The largest absolute Gasteiger partial charge is 0.368 e. The lowest BCUT2D eigenvalue weighted by molar-refractivity contribution is -0.141. The third-order valence-electron chi connectivity index (χ3n) is 4.90. The second kappa shape index (κ2) is 7.41. The Bertz CT molecular complexity index is 746. The smallest absolute Gasteiger partial charge is 0.251 e. The number of hydrogen-bond acceptors (Lipinski definition) is 7. The maximum absolute atomic E-state index is 12.4. The van der Waals surface area contributed by atoms with Crippen molar-refractivity contribution in [1.82, 2.24) is 20.0 Å². The summed E-state index contributed by atoms with van der Waals surface area (Å²) >= 11 is 0. The van der Waals surface area contributed by atoms with E-state index in [1.54, 1.807) is 6.20 Å². The van der Waals surface area contributed by atoms with E-state index in [1.165, 1.54) is 0 Å². The molecule has 8 heteroatoms. The highest BCUT2D eigenvalue weighted by Crippen LogP contribution is 2.21. The number of pyridine rings is 1. The molecule has 2 saturated heterocycles. The van der Waals surface area contributed by atoms with E-state index in [9.17, 15) is 4.79 Å². The highest BCUT2D eigenvalue weighted by molar-refractivity contribution is 5.81. The third-order valence-corrected chi connectivity index (χ3v) is 4.90. The number of carbonyl (C=O) groups excluding carboxylic acids is 1. The Labute approximate surface area is 152 Å². The molecule has 4 heterocycles. The standard InChI is InChI=1S/C18H23N5O3/c1-2-16-20-17(21-26-16)13-5-6-15(19-12-13)22-7-9-23(10-8-22)18(24)14-4-3-11-25-14/h5-6,12,14H,2-4,7-11H2,1H3. The van der Waals surface area contributed by atoms with Gasteiger partial charge in [0, 0.05) is 51.0 Å². The Hall–Kier alpha value is -2.48. The van der Waals surface area contributed by atoms with E-state index >= 15 is 0 Å². The molecule has 4 rings (SSSR count). The first kappa shape index (κ1) is 17.0. The summed E-state index contributed by atoms with van der Waals surface area (Å²) in [4.78, 5) is 25.4. The molecule has 2 aromatic rings. The predicted molar refractivity (Wildman–Crippen MR) is 94.7 cm³/mol. The van der Waals surface area contributed by atoms with Crippen LogP contribution in [-0.4, -0.2) is 64.8 Å². The second-order valence-electron chi connectivity index (χ2n) is 6.58. The summed E-state index contributed by atoms with van der Waals surface area (Å²) < 4.78 is 10.7. The van der Waals surface area contributed by atoms with Crippen LogP contribution in [0.25, 0.3) is 11.4 Å². The lowest BCUT2D eigenvalue weighted by Gasteiger charge is -2.36. The van der Waals surface area contributed by atoms with E-state index in [1.807, 2.05) is 24.0 Å². The zero-order valence-corrected chi connectivity index (χ0v) is 14.9. The molecule has 0 spiro atoms. The molecule has 138 valence electrons. The first-order valence-corrected chi connectivity index (χ1v) is 9.19. The van der Waals surface area contributed by atoms with Crippen LogP contribution < -0.4 is 4.90 Å². The molecule has 0 aliphatic carbocycles. The van der Waals surface area contributed by atoms with Crippen molar-refractivity contribution in [2.45, 2.75) is 32.3 Å². The summed E-state index contributed by atoms with van der Waals surface area (Å²) in [5.41, 5.74) is 0.837. The van der Waals surface area contributed by atoms with Gasteiger partial charge < -0.3 is 19.1 Å². The van der Waals surface area contributed by atoms with Crippen molar-refractivity contribution >= 4 is 11.7 Å². The van der Waals surface area contributed by atoms with Crippen molar-refractivity contribution in [3.05, 3.63) is 24.2 Å². The lowest BCUT2D eigenvalue weighted by atomic mass is 10.2. The molecule has 0 bridgehead atoms. The van der Waals surface area contributed by atoms with Crippen molar-refractivity contribution in [2.24, 2.45) is 0 Å². The molecule has 2 aromatic heterocycles. The van der Waals surface area contributed by atoms with Gasteiger partial charge in [0.2, 0.25) is 11.7 Å². The van der Waals surface area contributed by atoms with Gasteiger partial charge in [-0.05, 0) is 25.0 Å². The van der Waals surface area contributed by atoms with Crippen LogP contribution in [0.3, 0.4) is 0 Å². The highest BCUT2D eigenvalue weighted by atomic mass is 16.5. The maximum atomic E-state index is 12.4. The van der Waals surface area contributed by atoms with Gasteiger partial charge in [0.25, 0.3) is 5.91 Å². The minimum absolute atomic E-state index is 0.134. The summed E-state index contributed by atoms with van der Waals surface area (Å²) in [6.45, 7) is 5.62. The van der Waals surface area contributed by atoms with Gasteiger partial charge in [0.1, 0.15) is 11.9 Å². The summed E-state index contributed by atoms with van der Waals surface area (Å²) in [7, 11) is 0. The van der Waals surface area contributed by atoms with E-state index < -0.39 is 0 Å². The monoisotopic (exact) mass is 357 g/mol. The molecule has 1 amide bonds. The first-order chi connectivity index (χ1) is 12.7. The SMILES string of the molecule is CCc1nc(-c2ccc(N3CCN(C(=O)C4CCCO4)CC3)nc2)no1. The fourth-order valence-electron chi connectivity index (χ4n) is 3.35. The molecule has 2 aliphatic rings. The molecule has 0 N–H and O–H groups in total. The van der Waals surface area contributed by atoms with E-state index in [2.05, 4.69) is 20.0 Å². The number of hydrogen-bond donors (Lipinski definition) is 0. The normalized spacial score (nSPS) is 20.6. The Balaban J connectivity index is 1.36. The average molecular weight is 357 g/mol. The minimum atomic E-state index is -0.234. The van der Waals surface area contributed by atoms with Crippen LogP contribution in [0.2, 0.25) is 0 Å². The lowest BCUT2D eigenvalue weighted by Crippen LogP contribution is -2.51. The van der Waals surface area contributed by atoms with Crippen molar-refractivity contribution in [2.75, 3.05) is 37.7 Å². The molecular weight excluding hydrogens is 334 g/mol. The Morgan fingerprint density at radius 2 is 2.12 bits per heavy atom. The fourth-order valence-corrected chi connectivity index (χ4v) is 3.35. The van der Waals surface area contributed by atoms with Gasteiger partial charge in [-0.1, -0.05) is 12.1 Å². The van der Waals surface area contributed by atoms with Crippen molar-refractivity contribution in [1.29, 1.82) is 0 Å². The number of carbonyl (C=O) groups is 1. The first-order valence-electron chi connectivity index (χ1n) is 9.19. The van der Waals surface area contributed by atoms with Gasteiger partial charge in [0.05, 0.1) is 0 Å². The number of aryl methyl sites for hydroxylation is 1. The number of aromatic nitrogens is 3. The van der Waals surface area contributed by atoms with Crippen molar-refractivity contribution < 1.29 is 14.1 Å². The summed E-state index contributed by atoms with van der Waals surface area (Å²) in [6.07, 6.45) is 4.07. The number of rotatable bonds is 4. The van der Waals surface area contributed by atoms with Crippen molar-refractivity contribution in [3.8, 4) is 11.4 Å². The molecule has 0 aromatic carbocycles. The zero-order chi connectivity index (χ0) is 17.9. The number of piperazine rings is 1. The van der Waals surface area contributed by atoms with Crippen LogP contribution >= 0.6 is 0 Å². The molecule has 8 nitrogen and oxygen atoms in total. The van der Waals surface area contributed by atoms with Gasteiger partial charge in [-0.15, -0.1) is 0 Å². The Morgan fingerprint density at radius 3 is 2.73 bits per heavy atom. The number of ether oxygens (including phenoxy) is 1. The fraction of sp³-hybridized carbons (Fsp3) is 0.556. The molecule has 2 aliphatic heterocycles. The van der Waals surface area contributed by atoms with E-state index in [0.717, 1.165) is 37.3 Å². The highest BCUT2D eigenvalue weighted by Gasteiger charge is 2.30. The van der Waals surface area contributed by atoms with Gasteiger partial charge in [-0.2, -0.15) is 4.98 Å². The predicted octanol–water partition coefficient (Wildman–Crippen LogP) is 1.52. The van der Waals surface area contributed by atoms with Crippen LogP contribution in [0.5, 0.6) is 0 Å². The van der Waals surface area contributed by atoms with Crippen LogP contribution in [-0.2, 0) is 16.0 Å². The minimum Gasteiger partial charge on any atom is -0.368 e. The molecular formula is C18H23N5O3. The summed E-state index contributed by atoms with van der Waals surface area (Å²) in [5.74, 6) is 2.22. The van der Waals surface area contributed by atoms with Crippen LogP contribution in [0, 0.1) is 0 Å².